The quantitative estimate of drug-likeness (QED) is 0.489. The molecule has 0 bridgehead atoms. The van der Waals surface area contributed by atoms with E-state index in [9.17, 15) is 5.11 Å². The fourth-order valence-electron chi connectivity index (χ4n) is 8.25. The third-order valence-electron chi connectivity index (χ3n) is 10.6. The second kappa shape index (κ2) is 7.85. The van der Waals surface area contributed by atoms with Crippen molar-refractivity contribution in [2.45, 2.75) is 99.0 Å². The Labute approximate surface area is 180 Å². The summed E-state index contributed by atoms with van der Waals surface area (Å²) in [4.78, 5) is 0. The van der Waals surface area contributed by atoms with E-state index in [4.69, 9.17) is 0 Å². The number of allylic oxidation sites excluding steroid dienone is 3. The van der Waals surface area contributed by atoms with Gasteiger partial charge >= 0.3 is 0 Å². The van der Waals surface area contributed by atoms with E-state index in [0.717, 1.165) is 42.4 Å². The van der Waals surface area contributed by atoms with Crippen LogP contribution >= 0.6 is 0 Å². The molecular weight excluding hydrogens is 352 g/mol. The largest absolute Gasteiger partial charge is 0.393 e. The Bertz CT molecular complexity index is 659. The molecule has 0 aromatic carbocycles. The molecule has 0 spiro atoms. The van der Waals surface area contributed by atoms with Crippen LogP contribution < -0.4 is 0 Å². The first-order valence-corrected chi connectivity index (χ1v) is 12.7. The SMILES string of the molecule is CC(C)[C@H](C)/C=C/[C@@H](C)[C@H]1CCC2C3CC=C4C[C@@H](O)CC[C@]4(C)C3CC[C@@]21C. The fourth-order valence-corrected chi connectivity index (χ4v) is 8.25. The van der Waals surface area contributed by atoms with Crippen LogP contribution in [0.25, 0.3) is 0 Å². The highest BCUT2D eigenvalue weighted by Gasteiger charge is 2.58. The molecule has 3 saturated carbocycles. The summed E-state index contributed by atoms with van der Waals surface area (Å²) >= 11 is 0. The lowest BCUT2D eigenvalue weighted by atomic mass is 9.47. The number of aliphatic hydroxyl groups is 1. The highest BCUT2D eigenvalue weighted by Crippen LogP contribution is 2.67. The molecule has 29 heavy (non-hydrogen) atoms. The third-order valence-corrected chi connectivity index (χ3v) is 10.6. The van der Waals surface area contributed by atoms with E-state index in [1.165, 1.54) is 38.5 Å². The van der Waals surface area contributed by atoms with Gasteiger partial charge in [-0.25, -0.2) is 0 Å². The average Bonchev–Trinajstić information content (AvgIpc) is 3.03. The Morgan fingerprint density at radius 3 is 2.45 bits per heavy atom. The van der Waals surface area contributed by atoms with E-state index >= 15 is 0 Å². The van der Waals surface area contributed by atoms with Crippen molar-refractivity contribution in [1.29, 1.82) is 0 Å². The van der Waals surface area contributed by atoms with Gasteiger partial charge in [-0.2, -0.15) is 0 Å². The van der Waals surface area contributed by atoms with Crippen molar-refractivity contribution in [3.05, 3.63) is 23.8 Å². The molecule has 1 N–H and O–H groups in total. The summed E-state index contributed by atoms with van der Waals surface area (Å²) in [5.41, 5.74) is 2.51. The maximum absolute atomic E-state index is 10.2. The van der Waals surface area contributed by atoms with Gasteiger partial charge in [0.2, 0.25) is 0 Å². The van der Waals surface area contributed by atoms with Gasteiger partial charge in [0, 0.05) is 0 Å². The van der Waals surface area contributed by atoms with Crippen molar-refractivity contribution >= 4 is 0 Å². The van der Waals surface area contributed by atoms with Crippen LogP contribution in [0, 0.1) is 52.3 Å². The highest BCUT2D eigenvalue weighted by molar-refractivity contribution is 5.25. The van der Waals surface area contributed by atoms with Crippen LogP contribution in [0.15, 0.2) is 23.8 Å². The molecule has 1 nitrogen and oxygen atoms in total. The molecule has 3 fully saturated rings. The molecule has 164 valence electrons. The monoisotopic (exact) mass is 398 g/mol. The van der Waals surface area contributed by atoms with Crippen LogP contribution in [0.2, 0.25) is 0 Å². The molecule has 1 heteroatoms. The molecule has 4 aliphatic rings. The summed E-state index contributed by atoms with van der Waals surface area (Å²) in [6, 6.07) is 0. The van der Waals surface area contributed by atoms with Gasteiger partial charge in [-0.15, -0.1) is 0 Å². The Morgan fingerprint density at radius 1 is 0.966 bits per heavy atom. The van der Waals surface area contributed by atoms with Crippen LogP contribution in [0.5, 0.6) is 0 Å². The minimum atomic E-state index is -0.0866. The normalized spacial score (nSPS) is 46.8. The van der Waals surface area contributed by atoms with Crippen molar-refractivity contribution in [2.75, 3.05) is 0 Å². The molecule has 3 unspecified atom stereocenters. The summed E-state index contributed by atoms with van der Waals surface area (Å²) < 4.78 is 0. The zero-order valence-corrected chi connectivity index (χ0v) is 20.0. The van der Waals surface area contributed by atoms with Crippen LogP contribution in [-0.4, -0.2) is 11.2 Å². The van der Waals surface area contributed by atoms with Crippen molar-refractivity contribution in [3.8, 4) is 0 Å². The van der Waals surface area contributed by atoms with Crippen LogP contribution in [0.1, 0.15) is 92.9 Å². The molecule has 0 radical (unpaired) electrons. The maximum Gasteiger partial charge on any atom is 0.0577 e. The van der Waals surface area contributed by atoms with Crippen LogP contribution in [-0.2, 0) is 0 Å². The summed E-state index contributed by atoms with van der Waals surface area (Å²) in [5.74, 6) is 5.63. The van der Waals surface area contributed by atoms with Gasteiger partial charge in [0.1, 0.15) is 0 Å². The molecular formula is C28H46O. The zero-order chi connectivity index (χ0) is 21.0. The summed E-state index contributed by atoms with van der Waals surface area (Å²) in [6.07, 6.45) is 17.7. The Hall–Kier alpha value is -0.560. The molecule has 9 atom stereocenters. The molecule has 4 aliphatic carbocycles. The Balaban J connectivity index is 1.53. The van der Waals surface area contributed by atoms with Crippen LogP contribution in [0.3, 0.4) is 0 Å². The number of fused-ring (bicyclic) bond motifs is 5. The van der Waals surface area contributed by atoms with Crippen molar-refractivity contribution in [2.24, 2.45) is 52.3 Å². The number of aliphatic hydroxyl groups excluding tert-OH is 1. The number of hydrogen-bond donors (Lipinski definition) is 1. The predicted octanol–water partition coefficient (Wildman–Crippen LogP) is 7.41. The van der Waals surface area contributed by atoms with Gasteiger partial charge in [0.05, 0.1) is 6.10 Å². The summed E-state index contributed by atoms with van der Waals surface area (Å²) in [6.45, 7) is 14.7. The average molecular weight is 399 g/mol. The van der Waals surface area contributed by atoms with Crippen molar-refractivity contribution in [1.82, 2.24) is 0 Å². The highest BCUT2D eigenvalue weighted by atomic mass is 16.3. The number of rotatable bonds is 4. The summed E-state index contributed by atoms with van der Waals surface area (Å²) in [5, 5.41) is 10.2. The van der Waals surface area contributed by atoms with Gasteiger partial charge in [0.25, 0.3) is 0 Å². The van der Waals surface area contributed by atoms with Crippen LogP contribution in [0.4, 0.5) is 0 Å². The van der Waals surface area contributed by atoms with Gasteiger partial charge in [0.15, 0.2) is 0 Å². The van der Waals surface area contributed by atoms with Gasteiger partial charge in [-0.05, 0) is 104 Å². The topological polar surface area (TPSA) is 20.2 Å². The van der Waals surface area contributed by atoms with E-state index in [-0.39, 0.29) is 6.10 Å². The first-order valence-electron chi connectivity index (χ1n) is 12.7. The minimum Gasteiger partial charge on any atom is -0.393 e. The first kappa shape index (κ1) is 21.7. The summed E-state index contributed by atoms with van der Waals surface area (Å²) in [7, 11) is 0. The zero-order valence-electron chi connectivity index (χ0n) is 20.0. The molecule has 0 aliphatic heterocycles. The smallest absolute Gasteiger partial charge is 0.0577 e. The molecule has 0 aromatic heterocycles. The molecule has 0 aromatic rings. The lowest BCUT2D eigenvalue weighted by Crippen LogP contribution is -2.50. The molecule has 4 rings (SSSR count). The van der Waals surface area contributed by atoms with E-state index in [0.29, 0.717) is 22.7 Å². The second-order valence-corrected chi connectivity index (χ2v) is 12.2. The van der Waals surface area contributed by atoms with Crippen molar-refractivity contribution in [3.63, 3.8) is 0 Å². The van der Waals surface area contributed by atoms with E-state index < -0.39 is 0 Å². The van der Waals surface area contributed by atoms with Gasteiger partial charge in [-0.3, -0.25) is 0 Å². The van der Waals surface area contributed by atoms with E-state index in [1.54, 1.807) is 5.57 Å². The molecule has 0 amide bonds. The minimum absolute atomic E-state index is 0.0866. The fraction of sp³-hybridized carbons (Fsp3) is 0.857. The van der Waals surface area contributed by atoms with Crippen molar-refractivity contribution < 1.29 is 5.11 Å². The Morgan fingerprint density at radius 2 is 1.72 bits per heavy atom. The lowest BCUT2D eigenvalue weighted by molar-refractivity contribution is -0.0540. The lowest BCUT2D eigenvalue weighted by Gasteiger charge is -2.58. The third kappa shape index (κ3) is 3.58. The second-order valence-electron chi connectivity index (χ2n) is 12.2. The van der Waals surface area contributed by atoms with E-state index in [1.807, 2.05) is 0 Å². The molecule has 0 heterocycles. The predicted molar refractivity (Wildman–Crippen MR) is 124 cm³/mol. The standard InChI is InChI=1S/C28H46O/c1-18(2)19(3)7-8-20(4)24-11-12-25-23-10-9-21-17-22(29)13-15-27(21,5)26(23)14-16-28(24,25)6/h7-9,18-20,22-26,29H,10-17H2,1-6H3/b8-7+/t19-,20-,22+,23?,24-,25?,26?,27+,28-/m1/s1. The first-order chi connectivity index (χ1) is 13.7. The maximum atomic E-state index is 10.2. The number of hydrogen-bond acceptors (Lipinski definition) is 1. The molecule has 0 saturated heterocycles. The van der Waals surface area contributed by atoms with E-state index in [2.05, 4.69) is 59.8 Å². The Kier molecular flexibility index (Phi) is 5.86. The van der Waals surface area contributed by atoms with Gasteiger partial charge < -0.3 is 5.11 Å². The van der Waals surface area contributed by atoms with Gasteiger partial charge in [-0.1, -0.05) is 65.3 Å².